The number of hydrogen-bond acceptors (Lipinski definition) is 2. The molecule has 0 aliphatic heterocycles. The molecule has 1 aliphatic carbocycles. The van der Waals surface area contributed by atoms with E-state index in [4.69, 9.17) is 4.74 Å². The third kappa shape index (κ3) is 4.23. The molecule has 1 saturated carbocycles. The maximum Gasteiger partial charge on any atom is 0.407 e. The summed E-state index contributed by atoms with van der Waals surface area (Å²) < 4.78 is 6.42. The van der Waals surface area contributed by atoms with E-state index in [0.717, 1.165) is 23.7 Å². The fourth-order valence-electron chi connectivity index (χ4n) is 2.70. The number of amides is 1. The number of carbonyl (C=O) groups is 1. The van der Waals surface area contributed by atoms with Crippen molar-refractivity contribution in [2.75, 3.05) is 0 Å². The Kier molecular flexibility index (Phi) is 4.74. The minimum Gasteiger partial charge on any atom is -0.444 e. The van der Waals surface area contributed by atoms with Crippen molar-refractivity contribution in [1.29, 1.82) is 0 Å². The molecule has 1 aromatic rings. The molecule has 1 N–H and O–H groups in total. The molecule has 0 aromatic heterocycles. The molecule has 0 unspecified atom stereocenters. The molecule has 20 heavy (non-hydrogen) atoms. The van der Waals surface area contributed by atoms with E-state index in [2.05, 4.69) is 45.5 Å². The molecule has 1 aliphatic rings. The standard InChI is InChI=1S/C16H22BrNO2/c1-16(2,3)20-15(19)18-14-6-4-5-13(14)11-7-9-12(17)10-8-11/h7-10,13-14H,4-6H2,1-3H3,(H,18,19)/t13-,14-/m1/s1. The van der Waals surface area contributed by atoms with E-state index in [1.165, 1.54) is 5.56 Å². The van der Waals surface area contributed by atoms with Gasteiger partial charge in [0.25, 0.3) is 0 Å². The van der Waals surface area contributed by atoms with Crippen molar-refractivity contribution in [1.82, 2.24) is 5.32 Å². The lowest BCUT2D eigenvalue weighted by atomic mass is 9.94. The Bertz CT molecular complexity index is 464. The molecular weight excluding hydrogens is 318 g/mol. The predicted molar refractivity (Wildman–Crippen MR) is 83.9 cm³/mol. The topological polar surface area (TPSA) is 38.3 Å². The van der Waals surface area contributed by atoms with Crippen molar-refractivity contribution >= 4 is 22.0 Å². The van der Waals surface area contributed by atoms with Gasteiger partial charge in [0.1, 0.15) is 5.60 Å². The monoisotopic (exact) mass is 339 g/mol. The normalized spacial score (nSPS) is 22.6. The van der Waals surface area contributed by atoms with Gasteiger partial charge >= 0.3 is 6.09 Å². The van der Waals surface area contributed by atoms with E-state index in [9.17, 15) is 4.79 Å². The summed E-state index contributed by atoms with van der Waals surface area (Å²) >= 11 is 3.45. The Morgan fingerprint density at radius 1 is 1.25 bits per heavy atom. The summed E-state index contributed by atoms with van der Waals surface area (Å²) in [7, 11) is 0. The van der Waals surface area contributed by atoms with Crippen molar-refractivity contribution in [3.8, 4) is 0 Å². The molecule has 1 fully saturated rings. The van der Waals surface area contributed by atoms with Crippen LogP contribution in [-0.2, 0) is 4.74 Å². The molecule has 0 heterocycles. The smallest absolute Gasteiger partial charge is 0.407 e. The van der Waals surface area contributed by atoms with E-state index in [-0.39, 0.29) is 12.1 Å². The number of hydrogen-bond donors (Lipinski definition) is 1. The van der Waals surface area contributed by atoms with E-state index in [1.807, 2.05) is 20.8 Å². The summed E-state index contributed by atoms with van der Waals surface area (Å²) in [5.74, 6) is 0.385. The van der Waals surface area contributed by atoms with Gasteiger partial charge in [0, 0.05) is 16.4 Å². The number of alkyl carbamates (subject to hydrolysis) is 1. The zero-order valence-corrected chi connectivity index (χ0v) is 13.9. The van der Waals surface area contributed by atoms with Crippen LogP contribution >= 0.6 is 15.9 Å². The van der Waals surface area contributed by atoms with Gasteiger partial charge in [0.15, 0.2) is 0 Å². The van der Waals surface area contributed by atoms with E-state index < -0.39 is 5.60 Å². The van der Waals surface area contributed by atoms with Crippen LogP contribution in [0.5, 0.6) is 0 Å². The average Bonchev–Trinajstić information content (AvgIpc) is 2.75. The molecule has 2 rings (SSSR count). The summed E-state index contributed by atoms with van der Waals surface area (Å²) in [6.45, 7) is 5.65. The lowest BCUT2D eigenvalue weighted by molar-refractivity contribution is 0.0501. The Hall–Kier alpha value is -1.03. The van der Waals surface area contributed by atoms with E-state index in [1.54, 1.807) is 0 Å². The number of ether oxygens (including phenoxy) is 1. The summed E-state index contributed by atoms with van der Waals surface area (Å²) in [5.41, 5.74) is 0.835. The SMILES string of the molecule is CC(C)(C)OC(=O)N[C@@H]1CCC[C@@H]1c1ccc(Br)cc1. The molecule has 3 nitrogen and oxygen atoms in total. The van der Waals surface area contributed by atoms with Crippen LogP contribution < -0.4 is 5.32 Å². The summed E-state index contributed by atoms with van der Waals surface area (Å²) in [6.07, 6.45) is 2.95. The van der Waals surface area contributed by atoms with Gasteiger partial charge in [-0.25, -0.2) is 4.79 Å². The third-order valence-corrected chi connectivity index (χ3v) is 4.04. The van der Waals surface area contributed by atoms with Crippen LogP contribution in [-0.4, -0.2) is 17.7 Å². The fourth-order valence-corrected chi connectivity index (χ4v) is 2.97. The highest BCUT2D eigenvalue weighted by Crippen LogP contribution is 2.35. The molecule has 0 bridgehead atoms. The summed E-state index contributed by atoms with van der Waals surface area (Å²) in [5, 5.41) is 3.03. The molecule has 1 aromatic carbocycles. The molecule has 0 spiro atoms. The molecule has 110 valence electrons. The average molecular weight is 340 g/mol. The highest BCUT2D eigenvalue weighted by atomic mass is 79.9. The third-order valence-electron chi connectivity index (χ3n) is 3.52. The molecule has 1 amide bonds. The van der Waals surface area contributed by atoms with Crippen LogP contribution in [0.25, 0.3) is 0 Å². The van der Waals surface area contributed by atoms with Gasteiger partial charge in [-0.15, -0.1) is 0 Å². The van der Waals surface area contributed by atoms with Gasteiger partial charge in [-0.2, -0.15) is 0 Å². The van der Waals surface area contributed by atoms with E-state index in [0.29, 0.717) is 5.92 Å². The number of benzene rings is 1. The van der Waals surface area contributed by atoms with Gasteiger partial charge in [-0.1, -0.05) is 34.5 Å². The molecule has 0 saturated heterocycles. The van der Waals surface area contributed by atoms with Crippen LogP contribution in [0, 0.1) is 0 Å². The van der Waals surface area contributed by atoms with Gasteiger partial charge in [0.05, 0.1) is 0 Å². The van der Waals surface area contributed by atoms with Gasteiger partial charge in [0.2, 0.25) is 0 Å². The first-order valence-corrected chi connectivity index (χ1v) is 7.89. The van der Waals surface area contributed by atoms with Crippen molar-refractivity contribution in [3.63, 3.8) is 0 Å². The quantitative estimate of drug-likeness (QED) is 0.854. The van der Waals surface area contributed by atoms with Gasteiger partial charge in [-0.05, 0) is 51.3 Å². The minimum absolute atomic E-state index is 0.172. The second-order valence-corrected chi connectivity index (χ2v) is 7.26. The van der Waals surface area contributed by atoms with Crippen molar-refractivity contribution < 1.29 is 9.53 Å². The number of carbonyl (C=O) groups excluding carboxylic acids is 1. The van der Waals surface area contributed by atoms with Crippen molar-refractivity contribution in [2.24, 2.45) is 0 Å². The maximum atomic E-state index is 11.9. The van der Waals surface area contributed by atoms with Gasteiger partial charge < -0.3 is 10.1 Å². The second kappa shape index (κ2) is 6.17. The number of nitrogens with one attached hydrogen (secondary N) is 1. The maximum absolute atomic E-state index is 11.9. The Balaban J connectivity index is 2.00. The van der Waals surface area contributed by atoms with Gasteiger partial charge in [-0.3, -0.25) is 0 Å². The Morgan fingerprint density at radius 2 is 1.90 bits per heavy atom. The van der Waals surface area contributed by atoms with Crippen molar-refractivity contribution in [2.45, 2.75) is 57.6 Å². The largest absolute Gasteiger partial charge is 0.444 e. The molecular formula is C16H22BrNO2. The Labute approximate surface area is 129 Å². The zero-order valence-electron chi connectivity index (χ0n) is 12.3. The van der Waals surface area contributed by atoms with E-state index >= 15 is 0 Å². The van der Waals surface area contributed by atoms with Crippen LogP contribution in [0.2, 0.25) is 0 Å². The van der Waals surface area contributed by atoms with Crippen molar-refractivity contribution in [3.05, 3.63) is 34.3 Å². The van der Waals surface area contributed by atoms with Crippen LogP contribution in [0.15, 0.2) is 28.7 Å². The second-order valence-electron chi connectivity index (χ2n) is 6.34. The number of rotatable bonds is 2. The molecule has 4 heteroatoms. The highest BCUT2D eigenvalue weighted by molar-refractivity contribution is 9.10. The molecule has 2 atom stereocenters. The fraction of sp³-hybridized carbons (Fsp3) is 0.562. The predicted octanol–water partition coefficient (Wildman–Crippen LogP) is 4.61. The lowest BCUT2D eigenvalue weighted by Gasteiger charge is -2.25. The lowest BCUT2D eigenvalue weighted by Crippen LogP contribution is -2.40. The summed E-state index contributed by atoms with van der Waals surface area (Å²) in [4.78, 5) is 11.9. The first-order valence-electron chi connectivity index (χ1n) is 7.10. The zero-order chi connectivity index (χ0) is 14.8. The first-order chi connectivity index (χ1) is 9.35. The molecule has 0 radical (unpaired) electrons. The van der Waals surface area contributed by atoms with Crippen LogP contribution in [0.4, 0.5) is 4.79 Å². The summed E-state index contributed by atoms with van der Waals surface area (Å²) in [6, 6.07) is 8.54. The first kappa shape index (κ1) is 15.4. The number of halogens is 1. The highest BCUT2D eigenvalue weighted by Gasteiger charge is 2.31. The minimum atomic E-state index is -0.449. The van der Waals surface area contributed by atoms with Crippen LogP contribution in [0.3, 0.4) is 0 Å². The Morgan fingerprint density at radius 3 is 2.50 bits per heavy atom. The van der Waals surface area contributed by atoms with Crippen LogP contribution in [0.1, 0.15) is 51.5 Å².